The summed E-state index contributed by atoms with van der Waals surface area (Å²) in [7, 11) is 0. The number of hydrogen-bond donors (Lipinski definition) is 2. The van der Waals surface area contributed by atoms with Gasteiger partial charge in [-0.1, -0.05) is 23.2 Å². The molecule has 2 aromatic rings. The van der Waals surface area contributed by atoms with Crippen molar-refractivity contribution in [1.29, 1.82) is 0 Å². The molecule has 6 heteroatoms. The SMILES string of the molecule is Cc1occc1C(=O)Nc1cc(Cl)cc(Cl)c1O. The van der Waals surface area contributed by atoms with Gasteiger partial charge in [-0.25, -0.2) is 0 Å². The molecule has 18 heavy (non-hydrogen) atoms. The fraction of sp³-hybridized carbons (Fsp3) is 0.0833. The Morgan fingerprint density at radius 1 is 1.39 bits per heavy atom. The molecule has 0 aliphatic carbocycles. The van der Waals surface area contributed by atoms with E-state index in [1.54, 1.807) is 6.92 Å². The molecule has 0 saturated heterocycles. The summed E-state index contributed by atoms with van der Waals surface area (Å²) in [5.74, 6) is -0.148. The van der Waals surface area contributed by atoms with Crippen molar-refractivity contribution in [3.05, 3.63) is 45.8 Å². The first-order valence-electron chi connectivity index (χ1n) is 5.02. The van der Waals surface area contributed by atoms with E-state index in [0.717, 1.165) is 0 Å². The Bertz CT molecular complexity index is 607. The smallest absolute Gasteiger partial charge is 0.259 e. The number of aromatic hydroxyl groups is 1. The zero-order valence-corrected chi connectivity index (χ0v) is 10.8. The first-order valence-corrected chi connectivity index (χ1v) is 5.78. The molecular weight excluding hydrogens is 277 g/mol. The number of benzene rings is 1. The van der Waals surface area contributed by atoms with Gasteiger partial charge in [-0.05, 0) is 25.1 Å². The number of furan rings is 1. The minimum Gasteiger partial charge on any atom is -0.504 e. The number of aryl methyl sites for hydroxylation is 1. The lowest BCUT2D eigenvalue weighted by Crippen LogP contribution is -2.12. The fourth-order valence-electron chi connectivity index (χ4n) is 1.47. The van der Waals surface area contributed by atoms with Crippen molar-refractivity contribution < 1.29 is 14.3 Å². The van der Waals surface area contributed by atoms with Crippen LogP contribution in [0.4, 0.5) is 5.69 Å². The molecule has 0 aliphatic rings. The number of phenolic OH excluding ortho intramolecular Hbond substituents is 1. The lowest BCUT2D eigenvalue weighted by atomic mass is 10.2. The van der Waals surface area contributed by atoms with Crippen LogP contribution in [0, 0.1) is 6.92 Å². The summed E-state index contributed by atoms with van der Waals surface area (Å²) in [6.45, 7) is 1.67. The average Bonchev–Trinajstić information content (AvgIpc) is 2.71. The highest BCUT2D eigenvalue weighted by molar-refractivity contribution is 6.36. The minimum atomic E-state index is -0.408. The maximum absolute atomic E-state index is 11.9. The number of nitrogens with one attached hydrogen (secondary N) is 1. The zero-order chi connectivity index (χ0) is 13.3. The summed E-state index contributed by atoms with van der Waals surface area (Å²) >= 11 is 11.6. The Labute approximate surface area is 113 Å². The highest BCUT2D eigenvalue weighted by Gasteiger charge is 2.15. The lowest BCUT2D eigenvalue weighted by Gasteiger charge is -2.08. The van der Waals surface area contributed by atoms with E-state index in [9.17, 15) is 9.90 Å². The highest BCUT2D eigenvalue weighted by atomic mass is 35.5. The molecule has 0 bridgehead atoms. The quantitative estimate of drug-likeness (QED) is 0.824. The second-order valence-corrected chi connectivity index (χ2v) is 4.47. The number of halogens is 2. The number of carbonyl (C=O) groups excluding carboxylic acids is 1. The summed E-state index contributed by atoms with van der Waals surface area (Å²) in [6.07, 6.45) is 1.41. The van der Waals surface area contributed by atoms with Crippen LogP contribution in [0.25, 0.3) is 0 Å². The van der Waals surface area contributed by atoms with Crippen molar-refractivity contribution in [3.63, 3.8) is 0 Å². The second kappa shape index (κ2) is 4.92. The van der Waals surface area contributed by atoms with Gasteiger partial charge in [0.25, 0.3) is 5.91 Å². The largest absolute Gasteiger partial charge is 0.504 e. The van der Waals surface area contributed by atoms with E-state index in [1.807, 2.05) is 0 Å². The fourth-order valence-corrected chi connectivity index (χ4v) is 1.96. The molecule has 0 aliphatic heterocycles. The van der Waals surface area contributed by atoms with Crippen LogP contribution in [-0.2, 0) is 0 Å². The van der Waals surface area contributed by atoms with E-state index in [0.29, 0.717) is 16.3 Å². The number of hydrogen-bond acceptors (Lipinski definition) is 3. The molecule has 0 atom stereocenters. The van der Waals surface area contributed by atoms with Gasteiger partial charge in [-0.2, -0.15) is 0 Å². The standard InChI is InChI=1S/C12H9Cl2NO3/c1-6-8(2-3-18-6)12(17)15-10-5-7(13)4-9(14)11(10)16/h2-5,16H,1H3,(H,15,17). The zero-order valence-electron chi connectivity index (χ0n) is 9.33. The second-order valence-electron chi connectivity index (χ2n) is 3.63. The first kappa shape index (κ1) is 12.8. The van der Waals surface area contributed by atoms with Crippen molar-refractivity contribution in [3.8, 4) is 5.75 Å². The monoisotopic (exact) mass is 285 g/mol. The van der Waals surface area contributed by atoms with E-state index >= 15 is 0 Å². The van der Waals surface area contributed by atoms with Crippen LogP contribution in [0.15, 0.2) is 28.9 Å². The van der Waals surface area contributed by atoms with Gasteiger partial charge in [0.15, 0.2) is 5.75 Å². The van der Waals surface area contributed by atoms with Crippen LogP contribution in [0.2, 0.25) is 10.0 Å². The third-order valence-corrected chi connectivity index (χ3v) is 2.89. The van der Waals surface area contributed by atoms with E-state index in [-0.39, 0.29) is 16.5 Å². The normalized spacial score (nSPS) is 10.4. The maximum atomic E-state index is 11.9. The van der Waals surface area contributed by atoms with Gasteiger partial charge in [-0.15, -0.1) is 0 Å². The van der Waals surface area contributed by atoms with Gasteiger partial charge in [0, 0.05) is 5.02 Å². The molecule has 4 nitrogen and oxygen atoms in total. The van der Waals surface area contributed by atoms with Crippen LogP contribution in [-0.4, -0.2) is 11.0 Å². The predicted molar refractivity (Wildman–Crippen MR) is 69.5 cm³/mol. The van der Waals surface area contributed by atoms with Gasteiger partial charge >= 0.3 is 0 Å². The lowest BCUT2D eigenvalue weighted by molar-refractivity contribution is 0.102. The van der Waals surface area contributed by atoms with Crippen LogP contribution < -0.4 is 5.32 Å². The minimum absolute atomic E-state index is 0.0710. The topological polar surface area (TPSA) is 62.5 Å². The predicted octanol–water partition coefficient (Wildman–Crippen LogP) is 3.85. The van der Waals surface area contributed by atoms with Gasteiger partial charge in [0.1, 0.15) is 5.76 Å². The molecule has 0 saturated carbocycles. The number of carbonyl (C=O) groups is 1. The van der Waals surface area contributed by atoms with Crippen molar-refractivity contribution in [2.75, 3.05) is 5.32 Å². The molecule has 0 unspecified atom stereocenters. The number of phenols is 1. The van der Waals surface area contributed by atoms with Gasteiger partial charge in [-0.3, -0.25) is 4.79 Å². The highest BCUT2D eigenvalue weighted by Crippen LogP contribution is 2.35. The van der Waals surface area contributed by atoms with E-state index in [1.165, 1.54) is 24.5 Å². The van der Waals surface area contributed by atoms with Gasteiger partial charge < -0.3 is 14.8 Å². The van der Waals surface area contributed by atoms with Crippen LogP contribution >= 0.6 is 23.2 Å². The summed E-state index contributed by atoms with van der Waals surface area (Å²) < 4.78 is 5.03. The van der Waals surface area contributed by atoms with E-state index < -0.39 is 5.91 Å². The third kappa shape index (κ3) is 2.44. The molecule has 0 spiro atoms. The molecule has 0 radical (unpaired) electrons. The summed E-state index contributed by atoms with van der Waals surface area (Å²) in [5, 5.41) is 12.6. The molecular formula is C12H9Cl2NO3. The Balaban J connectivity index is 2.30. The van der Waals surface area contributed by atoms with E-state index in [4.69, 9.17) is 27.6 Å². The van der Waals surface area contributed by atoms with Crippen LogP contribution in [0.5, 0.6) is 5.75 Å². The molecule has 1 amide bonds. The molecule has 94 valence electrons. The Hall–Kier alpha value is -1.65. The summed E-state index contributed by atoms with van der Waals surface area (Å²) in [6, 6.07) is 4.33. The molecule has 1 aromatic heterocycles. The first-order chi connectivity index (χ1) is 8.49. The van der Waals surface area contributed by atoms with Crippen molar-refractivity contribution >= 4 is 34.8 Å². The maximum Gasteiger partial charge on any atom is 0.259 e. The van der Waals surface area contributed by atoms with Crippen molar-refractivity contribution in [2.45, 2.75) is 6.92 Å². The Kier molecular flexibility index (Phi) is 3.50. The van der Waals surface area contributed by atoms with E-state index in [2.05, 4.69) is 5.32 Å². The average molecular weight is 286 g/mol. The third-order valence-electron chi connectivity index (χ3n) is 2.38. The van der Waals surface area contributed by atoms with Crippen molar-refractivity contribution in [1.82, 2.24) is 0 Å². The molecule has 1 heterocycles. The van der Waals surface area contributed by atoms with Crippen molar-refractivity contribution in [2.24, 2.45) is 0 Å². The van der Waals surface area contributed by atoms with Crippen LogP contribution in [0.1, 0.15) is 16.1 Å². The van der Waals surface area contributed by atoms with Gasteiger partial charge in [0.2, 0.25) is 0 Å². The number of anilines is 1. The summed E-state index contributed by atoms with van der Waals surface area (Å²) in [4.78, 5) is 11.9. The van der Waals surface area contributed by atoms with Gasteiger partial charge in [0.05, 0.1) is 22.5 Å². The Morgan fingerprint density at radius 2 is 2.11 bits per heavy atom. The molecule has 2 N–H and O–H groups in total. The number of amides is 1. The summed E-state index contributed by atoms with van der Waals surface area (Å²) in [5.41, 5.74) is 0.531. The molecule has 2 rings (SSSR count). The Morgan fingerprint density at radius 3 is 2.72 bits per heavy atom. The van der Waals surface area contributed by atoms with Crippen LogP contribution in [0.3, 0.4) is 0 Å². The molecule has 1 aromatic carbocycles. The number of rotatable bonds is 2. The molecule has 0 fully saturated rings.